The molecular weight excluding hydrogens is 902 g/mol. The monoisotopic (exact) mass is 1000 g/mol. The number of hydrogen-bond acceptors (Lipinski definition) is 8. The van der Waals surface area contributed by atoms with E-state index in [1.807, 2.05) is 12.2 Å². The molecule has 0 heterocycles. The van der Waals surface area contributed by atoms with Crippen LogP contribution in [0.4, 0.5) is 0 Å². The van der Waals surface area contributed by atoms with Gasteiger partial charge in [0.1, 0.15) is 12.7 Å². The summed E-state index contributed by atoms with van der Waals surface area (Å²) in [5.74, 6) is -2.44. The van der Waals surface area contributed by atoms with E-state index >= 15 is 0 Å². The summed E-state index contributed by atoms with van der Waals surface area (Å²) in [6.07, 6.45) is 67.2. The molecule has 0 fully saturated rings. The molecule has 70 heavy (non-hydrogen) atoms. The molecule has 0 aliphatic carbocycles. The second-order valence-corrected chi connectivity index (χ2v) is 19.5. The number of carboxylic acids is 1. The Hall–Kier alpha value is -3.60. The molecule has 3 unspecified atom stereocenters. The first-order valence-corrected chi connectivity index (χ1v) is 28.8. The van der Waals surface area contributed by atoms with Crippen molar-refractivity contribution in [2.45, 2.75) is 231 Å². The summed E-state index contributed by atoms with van der Waals surface area (Å²) in [5.41, 5.74) is 0. The number of amides is 1. The summed E-state index contributed by atoms with van der Waals surface area (Å²) in [7, 11) is -4.78. The molecule has 0 bridgehead atoms. The van der Waals surface area contributed by atoms with Crippen LogP contribution in [0.25, 0.3) is 0 Å². The first kappa shape index (κ1) is 66.4. The van der Waals surface area contributed by atoms with Gasteiger partial charge in [0.15, 0.2) is 6.04 Å². The van der Waals surface area contributed by atoms with E-state index < -0.39 is 57.6 Å². The summed E-state index contributed by atoms with van der Waals surface area (Å²) < 4.78 is 26.9. The number of phosphoric acid groups is 1. The zero-order valence-electron chi connectivity index (χ0n) is 43.8. The van der Waals surface area contributed by atoms with Crippen molar-refractivity contribution in [3.05, 3.63) is 97.2 Å². The zero-order chi connectivity index (χ0) is 51.3. The molecule has 0 saturated carbocycles. The quantitative estimate of drug-likeness (QED) is 0.0199. The number of esters is 1. The number of aliphatic hydroxyl groups is 1. The van der Waals surface area contributed by atoms with Gasteiger partial charge in [-0.15, -0.1) is 0 Å². The minimum Gasteiger partial charge on any atom is -0.480 e. The standard InChI is InChI=1S/C58H98NO10P/c1-3-5-7-9-11-13-15-17-19-21-23-25-27-29-31-33-35-37-39-41-43-45-47-49-56(61)59-55(58(63)64)53-69-70(65,66)68-52-54(60)51-67-57(62)50-48-46-44-42-40-38-36-34-32-30-28-26-24-22-20-18-16-14-12-10-8-6-4-2/h6,8,12,14,17-20,24,26,30,32,36,38,42,44,54-55,60H,3-5,7,9-11,13,15-16,21-23,25,27-29,31,33-35,37,39-41,43,45-53H2,1-2H3,(H,59,61)(H,63,64)(H,65,66)/b8-6-,14-12-,19-17+,20-18-,26-24-,32-30-,38-36-,44-42-. The largest absolute Gasteiger partial charge is 0.480 e. The van der Waals surface area contributed by atoms with Gasteiger partial charge in [-0.25, -0.2) is 9.36 Å². The van der Waals surface area contributed by atoms with Crippen LogP contribution in [0, 0.1) is 0 Å². The minimum atomic E-state index is -4.78. The number of carbonyl (C=O) groups excluding carboxylic acids is 2. The molecule has 0 aromatic heterocycles. The van der Waals surface area contributed by atoms with E-state index in [0.29, 0.717) is 19.3 Å². The topological polar surface area (TPSA) is 169 Å². The Labute approximate surface area is 425 Å². The van der Waals surface area contributed by atoms with E-state index in [1.165, 1.54) is 109 Å². The van der Waals surface area contributed by atoms with Gasteiger partial charge in [-0.3, -0.25) is 18.6 Å². The molecule has 0 saturated heterocycles. The third kappa shape index (κ3) is 50.8. The number of carboxylic acid groups (broad SMARTS) is 1. The molecule has 0 aliphatic heterocycles. The van der Waals surface area contributed by atoms with Gasteiger partial charge < -0.3 is 25.2 Å². The zero-order valence-corrected chi connectivity index (χ0v) is 44.7. The number of hydrogen-bond donors (Lipinski definition) is 4. The second-order valence-electron chi connectivity index (χ2n) is 18.0. The summed E-state index contributed by atoms with van der Waals surface area (Å²) >= 11 is 0. The first-order chi connectivity index (χ1) is 34.1. The van der Waals surface area contributed by atoms with Crippen LogP contribution < -0.4 is 5.32 Å². The van der Waals surface area contributed by atoms with Crippen LogP contribution in [0.3, 0.4) is 0 Å². The Morgan fingerprint density at radius 1 is 0.471 bits per heavy atom. The molecule has 3 atom stereocenters. The maximum Gasteiger partial charge on any atom is 0.472 e. The Kier molecular flexibility index (Phi) is 49.1. The number of ether oxygens (including phenoxy) is 1. The van der Waals surface area contributed by atoms with E-state index in [-0.39, 0.29) is 12.8 Å². The molecule has 400 valence electrons. The van der Waals surface area contributed by atoms with Crippen LogP contribution in [0.5, 0.6) is 0 Å². The highest BCUT2D eigenvalue weighted by Gasteiger charge is 2.28. The average Bonchev–Trinajstić information content (AvgIpc) is 3.34. The summed E-state index contributed by atoms with van der Waals surface area (Å²) in [4.78, 5) is 46.2. The van der Waals surface area contributed by atoms with Gasteiger partial charge in [0.2, 0.25) is 5.91 Å². The lowest BCUT2D eigenvalue weighted by Gasteiger charge is -2.18. The van der Waals surface area contributed by atoms with Crippen molar-refractivity contribution < 1.29 is 47.8 Å². The molecule has 4 N–H and O–H groups in total. The number of carbonyl (C=O) groups is 3. The molecule has 11 nitrogen and oxygen atoms in total. The van der Waals surface area contributed by atoms with Gasteiger partial charge in [0, 0.05) is 12.8 Å². The lowest BCUT2D eigenvalue weighted by atomic mass is 10.0. The van der Waals surface area contributed by atoms with E-state index in [0.717, 1.165) is 64.2 Å². The van der Waals surface area contributed by atoms with E-state index in [2.05, 4.69) is 104 Å². The molecule has 12 heteroatoms. The van der Waals surface area contributed by atoms with Crippen LogP contribution in [0.1, 0.15) is 219 Å². The number of phosphoric ester groups is 1. The predicted octanol–water partition coefficient (Wildman–Crippen LogP) is 15.6. The predicted molar refractivity (Wildman–Crippen MR) is 290 cm³/mol. The number of aliphatic hydroxyl groups excluding tert-OH is 1. The molecule has 0 rings (SSSR count). The van der Waals surface area contributed by atoms with Gasteiger partial charge in [0.25, 0.3) is 0 Å². The van der Waals surface area contributed by atoms with Crippen LogP contribution in [0.2, 0.25) is 0 Å². The molecule has 0 aromatic carbocycles. The van der Waals surface area contributed by atoms with Gasteiger partial charge in [-0.2, -0.15) is 0 Å². The highest BCUT2D eigenvalue weighted by molar-refractivity contribution is 7.47. The smallest absolute Gasteiger partial charge is 0.472 e. The normalized spacial score (nSPS) is 14.2. The third-order valence-electron chi connectivity index (χ3n) is 11.4. The van der Waals surface area contributed by atoms with Crippen LogP contribution >= 0.6 is 7.82 Å². The van der Waals surface area contributed by atoms with Gasteiger partial charge in [0.05, 0.1) is 13.2 Å². The Morgan fingerprint density at radius 2 is 0.843 bits per heavy atom. The fourth-order valence-electron chi connectivity index (χ4n) is 7.18. The van der Waals surface area contributed by atoms with Crippen molar-refractivity contribution in [2.75, 3.05) is 19.8 Å². The lowest BCUT2D eigenvalue weighted by molar-refractivity contribution is -0.147. The molecule has 0 aromatic rings. The number of allylic oxidation sites excluding steroid dienone is 16. The summed E-state index contributed by atoms with van der Waals surface area (Å²) in [6.45, 7) is 2.44. The van der Waals surface area contributed by atoms with E-state index in [1.54, 1.807) is 0 Å². The van der Waals surface area contributed by atoms with E-state index in [4.69, 9.17) is 13.8 Å². The number of aliphatic carboxylic acids is 1. The fraction of sp³-hybridized carbons (Fsp3) is 0.672. The highest BCUT2D eigenvalue weighted by Crippen LogP contribution is 2.43. The van der Waals surface area contributed by atoms with Crippen molar-refractivity contribution in [3.63, 3.8) is 0 Å². The summed E-state index contributed by atoms with van der Waals surface area (Å²) in [5, 5.41) is 22.0. The SMILES string of the molecule is CC/C=C\C/C=C\C/C=C\C/C=C\C/C=C\C/C=C\C/C=C\CCCC(=O)OCC(O)COP(=O)(O)OCC(NC(=O)CCCCCCCCCCCCCCC/C=C/CCCCCCCC)C(=O)O. The Bertz CT molecular complexity index is 1550. The van der Waals surface area contributed by atoms with Crippen LogP contribution in [-0.2, 0) is 32.7 Å². The van der Waals surface area contributed by atoms with Crippen molar-refractivity contribution in [3.8, 4) is 0 Å². The first-order valence-electron chi connectivity index (χ1n) is 27.3. The highest BCUT2D eigenvalue weighted by atomic mass is 31.2. The van der Waals surface area contributed by atoms with Crippen LogP contribution in [0.15, 0.2) is 97.2 Å². The number of nitrogens with one attached hydrogen (secondary N) is 1. The number of rotatable bonds is 50. The number of unbranched alkanes of at least 4 members (excludes halogenated alkanes) is 20. The van der Waals surface area contributed by atoms with Gasteiger partial charge in [-0.05, 0) is 89.9 Å². The second kappa shape index (κ2) is 51.7. The average molecular weight is 1000 g/mol. The van der Waals surface area contributed by atoms with Gasteiger partial charge in [-0.1, -0.05) is 214 Å². The lowest BCUT2D eigenvalue weighted by Crippen LogP contribution is -2.43. The van der Waals surface area contributed by atoms with Crippen molar-refractivity contribution in [2.24, 2.45) is 0 Å². The van der Waals surface area contributed by atoms with Crippen LogP contribution in [-0.4, -0.2) is 64.9 Å². The molecule has 0 radical (unpaired) electrons. The van der Waals surface area contributed by atoms with Crippen molar-refractivity contribution in [1.29, 1.82) is 0 Å². The van der Waals surface area contributed by atoms with E-state index in [9.17, 15) is 34.1 Å². The molecular formula is C58H98NO10P. The summed E-state index contributed by atoms with van der Waals surface area (Å²) in [6, 6.07) is -1.56. The maximum absolute atomic E-state index is 12.4. The maximum atomic E-state index is 12.4. The molecule has 0 spiro atoms. The Balaban J connectivity index is 3.89. The minimum absolute atomic E-state index is 0.138. The van der Waals surface area contributed by atoms with Crippen molar-refractivity contribution in [1.82, 2.24) is 5.32 Å². The van der Waals surface area contributed by atoms with Crippen molar-refractivity contribution >= 4 is 25.7 Å². The Morgan fingerprint density at radius 3 is 1.29 bits per heavy atom. The molecule has 1 amide bonds. The third-order valence-corrected chi connectivity index (χ3v) is 12.3. The molecule has 0 aliphatic rings. The fourth-order valence-corrected chi connectivity index (χ4v) is 7.95. The van der Waals surface area contributed by atoms with Gasteiger partial charge >= 0.3 is 19.8 Å².